The fraction of sp³-hybridized carbons (Fsp3) is 0.480. The number of fused-ring (bicyclic) bond motifs is 1. The van der Waals surface area contributed by atoms with Crippen LogP contribution < -0.4 is 4.74 Å². The zero-order valence-electron chi connectivity index (χ0n) is 16.8. The standard InChI is InChI=1S/C25H32O2/c1-3-5-7-19-9-10-23-18-22(12-11-21(23)17-19)20-13-15-24(16-14-20)27-25(26)8-6-4-2/h11-16,18-19H,3-10,17H2,1-2H3. The number of carbonyl (C=O) groups is 1. The van der Waals surface area contributed by atoms with Crippen LogP contribution in [0, 0.1) is 5.92 Å². The summed E-state index contributed by atoms with van der Waals surface area (Å²) in [5.41, 5.74) is 5.48. The second-order valence-electron chi connectivity index (χ2n) is 7.84. The number of hydrogen-bond donors (Lipinski definition) is 0. The molecule has 1 unspecified atom stereocenters. The summed E-state index contributed by atoms with van der Waals surface area (Å²) in [6.07, 6.45) is 10.2. The lowest BCUT2D eigenvalue weighted by Crippen LogP contribution is -2.14. The Balaban J connectivity index is 1.64. The molecule has 1 aliphatic rings. The van der Waals surface area contributed by atoms with E-state index in [1.54, 1.807) is 0 Å². The molecule has 0 aliphatic heterocycles. The van der Waals surface area contributed by atoms with E-state index < -0.39 is 0 Å². The molecule has 27 heavy (non-hydrogen) atoms. The molecule has 144 valence electrons. The molecule has 2 heteroatoms. The van der Waals surface area contributed by atoms with E-state index in [1.807, 2.05) is 12.1 Å². The maximum Gasteiger partial charge on any atom is 0.311 e. The quantitative estimate of drug-likeness (QED) is 0.383. The van der Waals surface area contributed by atoms with Crippen molar-refractivity contribution in [1.82, 2.24) is 0 Å². The number of hydrogen-bond acceptors (Lipinski definition) is 2. The third-order valence-corrected chi connectivity index (χ3v) is 5.66. The first-order chi connectivity index (χ1) is 13.2. The molecule has 1 atom stereocenters. The van der Waals surface area contributed by atoms with E-state index in [-0.39, 0.29) is 5.97 Å². The number of rotatable bonds is 8. The van der Waals surface area contributed by atoms with E-state index in [0.717, 1.165) is 18.8 Å². The lowest BCUT2D eigenvalue weighted by atomic mass is 9.80. The molecule has 0 radical (unpaired) electrons. The van der Waals surface area contributed by atoms with Crippen molar-refractivity contribution in [3.8, 4) is 16.9 Å². The molecule has 0 saturated carbocycles. The smallest absolute Gasteiger partial charge is 0.311 e. The molecule has 3 rings (SSSR count). The predicted molar refractivity (Wildman–Crippen MR) is 112 cm³/mol. The average molecular weight is 365 g/mol. The third-order valence-electron chi connectivity index (χ3n) is 5.66. The zero-order valence-corrected chi connectivity index (χ0v) is 16.8. The van der Waals surface area contributed by atoms with Gasteiger partial charge in [-0.25, -0.2) is 0 Å². The molecule has 0 N–H and O–H groups in total. The summed E-state index contributed by atoms with van der Waals surface area (Å²) >= 11 is 0. The van der Waals surface area contributed by atoms with E-state index in [4.69, 9.17) is 4.74 Å². The van der Waals surface area contributed by atoms with Crippen molar-refractivity contribution < 1.29 is 9.53 Å². The Morgan fingerprint density at radius 1 is 0.963 bits per heavy atom. The molecule has 0 amide bonds. The maximum absolute atomic E-state index is 11.8. The Morgan fingerprint density at radius 2 is 1.70 bits per heavy atom. The van der Waals surface area contributed by atoms with Crippen LogP contribution >= 0.6 is 0 Å². The van der Waals surface area contributed by atoms with Crippen LogP contribution in [0.4, 0.5) is 0 Å². The van der Waals surface area contributed by atoms with Gasteiger partial charge in [0.25, 0.3) is 0 Å². The minimum absolute atomic E-state index is 0.143. The van der Waals surface area contributed by atoms with Gasteiger partial charge in [-0.05, 0) is 66.0 Å². The number of ether oxygens (including phenoxy) is 1. The van der Waals surface area contributed by atoms with Crippen LogP contribution in [0.15, 0.2) is 42.5 Å². The van der Waals surface area contributed by atoms with Crippen molar-refractivity contribution in [3.63, 3.8) is 0 Å². The van der Waals surface area contributed by atoms with Crippen LogP contribution in [0.1, 0.15) is 69.9 Å². The van der Waals surface area contributed by atoms with E-state index in [0.29, 0.717) is 12.2 Å². The Kier molecular flexibility index (Phi) is 7.09. The Hall–Kier alpha value is -2.09. The highest BCUT2D eigenvalue weighted by Crippen LogP contribution is 2.32. The number of benzene rings is 2. The normalized spacial score (nSPS) is 16.0. The minimum Gasteiger partial charge on any atom is -0.427 e. The fourth-order valence-corrected chi connectivity index (χ4v) is 3.97. The monoisotopic (exact) mass is 364 g/mol. The molecule has 0 bridgehead atoms. The molecule has 0 saturated heterocycles. The van der Waals surface area contributed by atoms with Gasteiger partial charge in [0.15, 0.2) is 0 Å². The van der Waals surface area contributed by atoms with Crippen molar-refractivity contribution in [2.24, 2.45) is 5.92 Å². The molecule has 0 fully saturated rings. The van der Waals surface area contributed by atoms with E-state index in [2.05, 4.69) is 44.2 Å². The maximum atomic E-state index is 11.8. The molecule has 2 nitrogen and oxygen atoms in total. The van der Waals surface area contributed by atoms with Crippen LogP contribution in [0.5, 0.6) is 5.75 Å². The van der Waals surface area contributed by atoms with Crippen LogP contribution in [-0.2, 0) is 17.6 Å². The molecular weight excluding hydrogens is 332 g/mol. The van der Waals surface area contributed by atoms with Gasteiger partial charge in [0.1, 0.15) is 5.75 Å². The zero-order chi connectivity index (χ0) is 19.1. The van der Waals surface area contributed by atoms with Gasteiger partial charge < -0.3 is 4.74 Å². The number of esters is 1. The SMILES string of the molecule is CCCCC(=O)Oc1ccc(-c2ccc3c(c2)CCC(CCCC)C3)cc1. The highest BCUT2D eigenvalue weighted by Gasteiger charge is 2.18. The van der Waals surface area contributed by atoms with Crippen molar-refractivity contribution in [1.29, 1.82) is 0 Å². The fourth-order valence-electron chi connectivity index (χ4n) is 3.97. The van der Waals surface area contributed by atoms with Crippen LogP contribution in [0.3, 0.4) is 0 Å². The van der Waals surface area contributed by atoms with Gasteiger partial charge in [-0.3, -0.25) is 4.79 Å². The summed E-state index contributed by atoms with van der Waals surface area (Å²) in [5.74, 6) is 1.36. The largest absolute Gasteiger partial charge is 0.427 e. The topological polar surface area (TPSA) is 26.3 Å². The van der Waals surface area contributed by atoms with Gasteiger partial charge in [-0.2, -0.15) is 0 Å². The van der Waals surface area contributed by atoms with Crippen LogP contribution in [-0.4, -0.2) is 5.97 Å². The summed E-state index contributed by atoms with van der Waals surface area (Å²) in [7, 11) is 0. The number of unbranched alkanes of at least 4 members (excludes halogenated alkanes) is 2. The van der Waals surface area contributed by atoms with Gasteiger partial charge in [-0.1, -0.05) is 69.9 Å². The van der Waals surface area contributed by atoms with Gasteiger partial charge in [0.2, 0.25) is 0 Å². The average Bonchev–Trinajstić information content (AvgIpc) is 2.70. The first kappa shape index (κ1) is 19.7. The second-order valence-corrected chi connectivity index (χ2v) is 7.84. The third kappa shape index (κ3) is 5.45. The summed E-state index contributed by atoms with van der Waals surface area (Å²) in [4.78, 5) is 11.8. The second kappa shape index (κ2) is 9.73. The summed E-state index contributed by atoms with van der Waals surface area (Å²) in [6, 6.07) is 14.8. The Labute approximate surface area is 164 Å². The van der Waals surface area contributed by atoms with Crippen molar-refractivity contribution in [3.05, 3.63) is 53.6 Å². The molecule has 0 spiro atoms. The minimum atomic E-state index is -0.143. The van der Waals surface area contributed by atoms with Crippen molar-refractivity contribution in [2.45, 2.75) is 71.6 Å². The number of aryl methyl sites for hydroxylation is 1. The Bertz CT molecular complexity index is 745. The molecular formula is C25H32O2. The van der Waals surface area contributed by atoms with E-state index in [1.165, 1.54) is 60.8 Å². The van der Waals surface area contributed by atoms with E-state index in [9.17, 15) is 4.79 Å². The molecule has 0 aromatic heterocycles. The van der Waals surface area contributed by atoms with Gasteiger partial charge in [0.05, 0.1) is 0 Å². The Morgan fingerprint density at radius 3 is 2.44 bits per heavy atom. The first-order valence-corrected chi connectivity index (χ1v) is 10.6. The predicted octanol–water partition coefficient (Wildman–Crippen LogP) is 6.74. The molecule has 1 aliphatic carbocycles. The van der Waals surface area contributed by atoms with Crippen molar-refractivity contribution >= 4 is 5.97 Å². The highest BCUT2D eigenvalue weighted by atomic mass is 16.5. The highest BCUT2D eigenvalue weighted by molar-refractivity contribution is 5.73. The summed E-state index contributed by atoms with van der Waals surface area (Å²) in [5, 5.41) is 0. The molecule has 0 heterocycles. The van der Waals surface area contributed by atoms with E-state index >= 15 is 0 Å². The van der Waals surface area contributed by atoms with Crippen LogP contribution in [0.2, 0.25) is 0 Å². The first-order valence-electron chi connectivity index (χ1n) is 10.6. The lowest BCUT2D eigenvalue weighted by molar-refractivity contribution is -0.134. The van der Waals surface area contributed by atoms with Crippen LogP contribution in [0.25, 0.3) is 11.1 Å². The van der Waals surface area contributed by atoms with Crippen molar-refractivity contribution in [2.75, 3.05) is 0 Å². The van der Waals surface area contributed by atoms with Gasteiger partial charge >= 0.3 is 5.97 Å². The molecule has 2 aromatic rings. The lowest BCUT2D eigenvalue weighted by Gasteiger charge is -2.25. The molecule has 2 aromatic carbocycles. The van der Waals surface area contributed by atoms with Gasteiger partial charge in [-0.15, -0.1) is 0 Å². The summed E-state index contributed by atoms with van der Waals surface area (Å²) in [6.45, 7) is 4.35. The number of carbonyl (C=O) groups excluding carboxylic acids is 1. The summed E-state index contributed by atoms with van der Waals surface area (Å²) < 4.78 is 5.40. The van der Waals surface area contributed by atoms with Gasteiger partial charge in [0, 0.05) is 6.42 Å².